The Morgan fingerprint density at radius 1 is 1.10 bits per heavy atom. The average molecular weight is 534 g/mol. The van der Waals surface area contributed by atoms with Crippen LogP contribution in [-0.4, -0.2) is 24.8 Å². The summed E-state index contributed by atoms with van der Waals surface area (Å²) < 4.78 is 40.3. The SMILES string of the molecule is I.NC(=NCc1ccc(N2CCCCC2=O)cc1)Nc1ccc(OC(F)(F)F)cc1. The molecule has 3 rings (SSSR count). The third-order valence-corrected chi connectivity index (χ3v) is 4.36. The fourth-order valence-corrected chi connectivity index (χ4v) is 2.96. The Morgan fingerprint density at radius 3 is 2.37 bits per heavy atom. The Hall–Kier alpha value is -2.50. The van der Waals surface area contributed by atoms with Gasteiger partial charge in [0.2, 0.25) is 5.91 Å². The first-order valence-corrected chi connectivity index (χ1v) is 9.12. The number of carbonyl (C=O) groups is 1. The van der Waals surface area contributed by atoms with Gasteiger partial charge in [-0.2, -0.15) is 0 Å². The zero-order chi connectivity index (χ0) is 20.9. The number of hydrogen-bond acceptors (Lipinski definition) is 3. The van der Waals surface area contributed by atoms with E-state index in [0.29, 0.717) is 18.7 Å². The number of ether oxygens (including phenoxy) is 1. The molecule has 0 aliphatic carbocycles. The fraction of sp³-hybridized carbons (Fsp3) is 0.300. The van der Waals surface area contributed by atoms with Gasteiger partial charge in [0.1, 0.15) is 5.75 Å². The minimum atomic E-state index is -4.73. The lowest BCUT2D eigenvalue weighted by atomic mass is 10.1. The molecular formula is C20H22F3IN4O2. The van der Waals surface area contributed by atoms with Gasteiger partial charge < -0.3 is 20.7 Å². The summed E-state index contributed by atoms with van der Waals surface area (Å²) in [6.07, 6.45) is -2.21. The van der Waals surface area contributed by atoms with Crippen LogP contribution in [-0.2, 0) is 11.3 Å². The number of piperidine rings is 1. The summed E-state index contributed by atoms with van der Waals surface area (Å²) >= 11 is 0. The molecule has 6 nitrogen and oxygen atoms in total. The van der Waals surface area contributed by atoms with Gasteiger partial charge in [-0.15, -0.1) is 37.1 Å². The minimum absolute atomic E-state index is 0. The Kier molecular flexibility index (Phi) is 8.33. The van der Waals surface area contributed by atoms with E-state index in [-0.39, 0.29) is 41.6 Å². The van der Waals surface area contributed by atoms with Gasteiger partial charge in [0.05, 0.1) is 6.54 Å². The maximum absolute atomic E-state index is 12.2. The second kappa shape index (κ2) is 10.5. The number of hydrogen-bond donors (Lipinski definition) is 2. The van der Waals surface area contributed by atoms with E-state index in [2.05, 4.69) is 15.0 Å². The van der Waals surface area contributed by atoms with Gasteiger partial charge in [-0.3, -0.25) is 4.79 Å². The van der Waals surface area contributed by atoms with Crippen LogP contribution < -0.4 is 20.7 Å². The van der Waals surface area contributed by atoms with E-state index in [1.54, 1.807) is 4.90 Å². The van der Waals surface area contributed by atoms with E-state index in [4.69, 9.17) is 5.73 Å². The molecule has 0 unspecified atom stereocenters. The molecule has 10 heteroatoms. The summed E-state index contributed by atoms with van der Waals surface area (Å²) in [5.41, 5.74) is 8.10. The largest absolute Gasteiger partial charge is 0.573 e. The van der Waals surface area contributed by atoms with E-state index >= 15 is 0 Å². The van der Waals surface area contributed by atoms with Gasteiger partial charge >= 0.3 is 6.36 Å². The highest BCUT2D eigenvalue weighted by atomic mass is 127. The van der Waals surface area contributed by atoms with Crippen LogP contribution in [0.25, 0.3) is 0 Å². The predicted octanol–water partition coefficient (Wildman–Crippen LogP) is 4.65. The Morgan fingerprint density at radius 2 is 1.77 bits per heavy atom. The van der Waals surface area contributed by atoms with Crippen LogP contribution in [0.3, 0.4) is 0 Å². The summed E-state index contributed by atoms with van der Waals surface area (Å²) in [4.78, 5) is 18.0. The number of rotatable bonds is 5. The molecule has 0 atom stereocenters. The van der Waals surface area contributed by atoms with Gasteiger partial charge in [-0.05, 0) is 54.8 Å². The van der Waals surface area contributed by atoms with Crippen LogP contribution in [0.15, 0.2) is 53.5 Å². The Balaban J connectivity index is 0.00000320. The Bertz CT molecular complexity index is 871. The molecule has 3 N–H and O–H groups in total. The number of aliphatic imine (C=N–C) groups is 1. The van der Waals surface area contributed by atoms with Crippen LogP contribution >= 0.6 is 24.0 Å². The monoisotopic (exact) mass is 534 g/mol. The number of anilines is 2. The molecule has 1 heterocycles. The van der Waals surface area contributed by atoms with Gasteiger partial charge in [0, 0.05) is 24.3 Å². The molecule has 2 aromatic rings. The van der Waals surface area contributed by atoms with E-state index in [1.165, 1.54) is 24.3 Å². The molecule has 2 aromatic carbocycles. The highest BCUT2D eigenvalue weighted by molar-refractivity contribution is 14.0. The molecule has 0 radical (unpaired) electrons. The van der Waals surface area contributed by atoms with Crippen molar-refractivity contribution in [1.82, 2.24) is 0 Å². The van der Waals surface area contributed by atoms with Crippen molar-refractivity contribution in [2.24, 2.45) is 10.7 Å². The van der Waals surface area contributed by atoms with Crippen LogP contribution in [0.1, 0.15) is 24.8 Å². The summed E-state index contributed by atoms with van der Waals surface area (Å²) in [5, 5.41) is 2.81. The van der Waals surface area contributed by atoms with Crippen molar-refractivity contribution in [1.29, 1.82) is 0 Å². The number of halogens is 4. The maximum Gasteiger partial charge on any atom is 0.573 e. The number of nitrogens with one attached hydrogen (secondary N) is 1. The van der Waals surface area contributed by atoms with E-state index in [9.17, 15) is 18.0 Å². The number of carbonyl (C=O) groups excluding carboxylic acids is 1. The second-order valence-electron chi connectivity index (χ2n) is 6.57. The molecule has 1 aliphatic heterocycles. The van der Waals surface area contributed by atoms with Crippen molar-refractivity contribution in [3.05, 3.63) is 54.1 Å². The first-order chi connectivity index (χ1) is 13.8. The number of alkyl halides is 3. The molecule has 0 spiro atoms. The van der Waals surface area contributed by atoms with Gasteiger partial charge in [0.25, 0.3) is 0 Å². The summed E-state index contributed by atoms with van der Waals surface area (Å²) in [6.45, 7) is 1.06. The van der Waals surface area contributed by atoms with E-state index in [0.717, 1.165) is 30.6 Å². The van der Waals surface area contributed by atoms with Crippen LogP contribution in [0.2, 0.25) is 0 Å². The third kappa shape index (κ3) is 7.08. The van der Waals surface area contributed by atoms with E-state index < -0.39 is 6.36 Å². The lowest BCUT2D eigenvalue weighted by molar-refractivity contribution is -0.274. The molecule has 0 saturated carbocycles. The number of amides is 1. The molecule has 30 heavy (non-hydrogen) atoms. The van der Waals surface area contributed by atoms with Crippen molar-refractivity contribution in [3.8, 4) is 5.75 Å². The topological polar surface area (TPSA) is 80.0 Å². The molecule has 1 amide bonds. The van der Waals surface area contributed by atoms with Gasteiger partial charge in [-0.1, -0.05) is 12.1 Å². The quantitative estimate of drug-likeness (QED) is 0.333. The molecule has 162 valence electrons. The van der Waals surface area contributed by atoms with Gasteiger partial charge in [-0.25, -0.2) is 4.99 Å². The van der Waals surface area contributed by atoms with Crippen molar-refractivity contribution in [2.75, 3.05) is 16.8 Å². The zero-order valence-electron chi connectivity index (χ0n) is 16.0. The fourth-order valence-electron chi connectivity index (χ4n) is 2.96. The lowest BCUT2D eigenvalue weighted by Gasteiger charge is -2.26. The predicted molar refractivity (Wildman–Crippen MR) is 120 cm³/mol. The number of nitrogens with two attached hydrogens (primary N) is 1. The number of benzene rings is 2. The lowest BCUT2D eigenvalue weighted by Crippen LogP contribution is -2.35. The van der Waals surface area contributed by atoms with Crippen molar-refractivity contribution in [2.45, 2.75) is 32.2 Å². The molecule has 1 aliphatic rings. The smallest absolute Gasteiger partial charge is 0.406 e. The molecule has 0 aromatic heterocycles. The van der Waals surface area contributed by atoms with Crippen LogP contribution in [0.4, 0.5) is 24.5 Å². The molecule has 1 saturated heterocycles. The third-order valence-electron chi connectivity index (χ3n) is 4.36. The normalized spacial score (nSPS) is 14.8. The summed E-state index contributed by atoms with van der Waals surface area (Å²) in [7, 11) is 0. The highest BCUT2D eigenvalue weighted by Crippen LogP contribution is 2.24. The molecule has 0 bridgehead atoms. The van der Waals surface area contributed by atoms with Crippen LogP contribution in [0, 0.1) is 0 Å². The highest BCUT2D eigenvalue weighted by Gasteiger charge is 2.30. The van der Waals surface area contributed by atoms with Crippen molar-refractivity contribution < 1.29 is 22.7 Å². The Labute approximate surface area is 189 Å². The van der Waals surface area contributed by atoms with Crippen molar-refractivity contribution >= 4 is 47.2 Å². The first-order valence-electron chi connectivity index (χ1n) is 9.12. The molecule has 1 fully saturated rings. The summed E-state index contributed by atoms with van der Waals surface area (Å²) in [5.74, 6) is -0.0438. The van der Waals surface area contributed by atoms with E-state index in [1.807, 2.05) is 24.3 Å². The van der Waals surface area contributed by atoms with Crippen LogP contribution in [0.5, 0.6) is 5.75 Å². The number of nitrogens with zero attached hydrogens (tertiary/aromatic N) is 2. The molecular weight excluding hydrogens is 512 g/mol. The number of guanidine groups is 1. The second-order valence-corrected chi connectivity index (χ2v) is 6.57. The maximum atomic E-state index is 12.2. The zero-order valence-corrected chi connectivity index (χ0v) is 18.3. The standard InChI is InChI=1S/C20H21F3N4O2.HI/c21-20(22,23)29-17-10-6-15(7-11-17)26-19(24)25-13-14-4-8-16(9-5-14)27-12-2-1-3-18(27)28;/h4-11H,1-3,12-13H2,(H3,24,25,26);1H. The first kappa shape index (κ1) is 23.8. The van der Waals surface area contributed by atoms with Crippen molar-refractivity contribution in [3.63, 3.8) is 0 Å². The minimum Gasteiger partial charge on any atom is -0.406 e. The van der Waals surface area contributed by atoms with Gasteiger partial charge in [0.15, 0.2) is 5.96 Å². The summed E-state index contributed by atoms with van der Waals surface area (Å²) in [6, 6.07) is 12.7. The average Bonchev–Trinajstić information content (AvgIpc) is 2.68.